The number of nitrogens with zero attached hydrogens (tertiary/aromatic N) is 2. The Morgan fingerprint density at radius 2 is 0.472 bits per heavy atom. The molecule has 2 nitrogen and oxygen atoms in total. The Kier molecular flexibility index (Phi) is 851. The third kappa shape index (κ3) is 150. The maximum absolute atomic E-state index is 4.07. The van der Waals surface area contributed by atoms with Gasteiger partial charge in [0.1, 0.15) is 0 Å². The van der Waals surface area contributed by atoms with Gasteiger partial charge >= 0.3 is 0 Å². The molecule has 0 atom stereocenters. The topological polar surface area (TPSA) is 3.24 Å². The van der Waals surface area contributed by atoms with Crippen molar-refractivity contribution in [2.45, 2.75) is 0 Å². The molecule has 0 N–H and O–H groups in total. The van der Waals surface area contributed by atoms with Crippen molar-refractivity contribution in [1.82, 2.24) is 4.90 Å². The molecule has 1 heterocycles. The molecule has 0 bridgehead atoms. The molecule has 0 spiro atoms. The van der Waals surface area contributed by atoms with Crippen LogP contribution in [-0.4, -0.2) is 49.7 Å². The van der Waals surface area contributed by atoms with Crippen LogP contribution >= 0.6 is 0 Å². The molecule has 0 aromatic heterocycles. The van der Waals surface area contributed by atoms with Gasteiger partial charge in [0.15, 0.2) is 0 Å². The maximum atomic E-state index is 4.07. The Balaban J connectivity index is -0.00000000120. The monoisotopic (exact) mass is 5090 g/mol. The van der Waals surface area contributed by atoms with E-state index in [1.165, 1.54) is 26.2 Å². The molecular formula is C7H16N2W27. The van der Waals surface area contributed by atoms with Gasteiger partial charge in [-0.05, 0) is 7.05 Å². The van der Waals surface area contributed by atoms with E-state index in [0.29, 0.717) is 0 Å². The first-order valence-corrected chi connectivity index (χ1v) is 3.48. The Hall–Kier alpha value is 18.5. The van der Waals surface area contributed by atoms with Crippen LogP contribution in [0.25, 0.3) is 0 Å². The summed E-state index contributed by atoms with van der Waals surface area (Å²) in [7, 11) is 8.43. The van der Waals surface area contributed by atoms with Gasteiger partial charge in [0, 0.05) is 589 Å². The summed E-state index contributed by atoms with van der Waals surface area (Å²) in [5.41, 5.74) is 0. The van der Waals surface area contributed by atoms with Gasteiger partial charge in [-0.1, -0.05) is 0 Å². The molecular weight excluding hydrogens is 5080 g/mol. The molecule has 1 fully saturated rings. The number of piperazine rings is 1. The number of hydrogen-bond donors (Lipinski definition) is 0. The van der Waals surface area contributed by atoms with Gasteiger partial charge in [-0.25, -0.2) is 0 Å². The second kappa shape index (κ2) is 149. The first-order chi connectivity index (χ1) is 4.10. The van der Waals surface area contributed by atoms with Crippen LogP contribution in [0.4, 0.5) is 0 Å². The van der Waals surface area contributed by atoms with E-state index in [0.717, 1.165) is 4.48 Å². The van der Waals surface area contributed by atoms with Crippen LogP contribution in [0.3, 0.4) is 0 Å². The Bertz CT molecular complexity index is 118. The average Bonchev–Trinajstić information content (AvgIpc) is 1.78. The van der Waals surface area contributed by atoms with Crippen molar-refractivity contribution in [3.63, 3.8) is 0 Å². The predicted molar refractivity (Wildman–Crippen MR) is 38.8 cm³/mol. The van der Waals surface area contributed by atoms with Gasteiger partial charge in [0.25, 0.3) is 0 Å². The molecule has 1 aliphatic heterocycles. The van der Waals surface area contributed by atoms with E-state index in [9.17, 15) is 0 Å². The summed E-state index contributed by atoms with van der Waals surface area (Å²) in [6, 6.07) is 0. The number of quaternary nitrogens is 1. The summed E-state index contributed by atoms with van der Waals surface area (Å²) < 4.78 is 0.949. The van der Waals surface area contributed by atoms with E-state index in [4.69, 9.17) is 0 Å². The molecule has 0 aliphatic carbocycles. The molecule has 0 amide bonds. The number of likely N-dealkylation sites (N-methyl/N-ethyl adjacent to an activating group) is 2. The minimum absolute atomic E-state index is 0. The number of hydrogen-bond acceptors (Lipinski definition) is 1. The van der Waals surface area contributed by atoms with E-state index in [2.05, 4.69) is 26.0 Å². The van der Waals surface area contributed by atoms with E-state index in [-0.39, 0.29) is 569 Å². The molecule has 29 heteroatoms. The molecule has 1 rings (SSSR count). The molecule has 0 saturated carbocycles. The molecule has 0 radical (unpaired) electrons. The van der Waals surface area contributed by atoms with E-state index in [1.54, 1.807) is 0 Å². The molecule has 0 aromatic rings. The van der Waals surface area contributed by atoms with Crippen molar-refractivity contribution < 1.29 is 573 Å². The van der Waals surface area contributed by atoms with Gasteiger partial charge in [-0.15, -0.1) is 7.05 Å². The zero-order chi connectivity index (χ0) is 6.91. The summed E-state index contributed by atoms with van der Waals surface area (Å²) in [6.07, 6.45) is 0. The Morgan fingerprint density at radius 1 is 0.361 bits per heavy atom. The average molecular weight is 5090 g/mol. The minimum atomic E-state index is 0. The summed E-state index contributed by atoms with van der Waals surface area (Å²) >= 11 is 0. The Labute approximate surface area is 608 Å². The van der Waals surface area contributed by atoms with Crippen molar-refractivity contribution in [2.24, 2.45) is 0 Å². The van der Waals surface area contributed by atoms with Gasteiger partial charge < -0.3 is 4.48 Å². The summed E-state index contributed by atoms with van der Waals surface area (Å²) in [5, 5.41) is 0. The molecule has 1 aliphatic rings. The van der Waals surface area contributed by atoms with E-state index >= 15 is 0 Å². The van der Waals surface area contributed by atoms with Crippen molar-refractivity contribution in [3.05, 3.63) is 7.05 Å². The van der Waals surface area contributed by atoms with Gasteiger partial charge in [0.2, 0.25) is 0 Å². The third-order valence-electron chi connectivity index (χ3n) is 2.04. The fourth-order valence-corrected chi connectivity index (χ4v) is 1.05. The van der Waals surface area contributed by atoms with Crippen molar-refractivity contribution >= 4 is 0 Å². The summed E-state index contributed by atoms with van der Waals surface area (Å²) in [5.74, 6) is 0. The normalized spacial score (nSPS) is 7.08. The van der Waals surface area contributed by atoms with Gasteiger partial charge in [0.05, 0.1) is 13.1 Å². The Morgan fingerprint density at radius 3 is 0.556 bits per heavy atom. The van der Waals surface area contributed by atoms with Crippen LogP contribution in [0.2, 0.25) is 0 Å². The molecule has 36 heavy (non-hydrogen) atoms. The SMILES string of the molecule is [CH2-][N+]1(C)CCN(C)CC1.[W].[W].[W].[W].[W].[W].[W].[W].[W].[W].[W].[W].[W].[W].[W].[W].[W].[W].[W].[W].[W].[W].[W].[W].[W].[W].[W]. The molecule has 0 unspecified atom stereocenters. The quantitative estimate of drug-likeness (QED) is 0.247. The minimum Gasteiger partial charge on any atom is -0.457 e. The van der Waals surface area contributed by atoms with E-state index < -0.39 is 0 Å². The molecule has 0 aromatic carbocycles. The largest absolute Gasteiger partial charge is 0.457 e. The first kappa shape index (κ1) is 206. The van der Waals surface area contributed by atoms with E-state index in [1.807, 2.05) is 0 Å². The van der Waals surface area contributed by atoms with Gasteiger partial charge in [-0.3, -0.25) is 4.90 Å². The van der Waals surface area contributed by atoms with Crippen LogP contribution in [0.1, 0.15) is 0 Å². The predicted octanol–water partition coefficient (Wildman–Crippen LogP) is 0.102. The van der Waals surface area contributed by atoms with Crippen LogP contribution < -0.4 is 0 Å². The smallest absolute Gasteiger partial charge is 0.0673 e. The van der Waals surface area contributed by atoms with Crippen LogP contribution in [-0.2, 0) is 569 Å². The summed E-state index contributed by atoms with van der Waals surface area (Å²) in [4.78, 5) is 2.35. The summed E-state index contributed by atoms with van der Waals surface area (Å²) in [6.45, 7) is 4.77. The second-order valence-corrected chi connectivity index (χ2v) is 3.37. The van der Waals surface area contributed by atoms with Crippen molar-refractivity contribution in [2.75, 3.05) is 40.3 Å². The zero-order valence-corrected chi connectivity index (χ0v) is 96.7. The van der Waals surface area contributed by atoms with Crippen molar-refractivity contribution in [3.8, 4) is 0 Å². The van der Waals surface area contributed by atoms with Crippen LogP contribution in [0.5, 0.6) is 0 Å². The molecule has 1 saturated heterocycles. The number of rotatable bonds is 0. The third-order valence-corrected chi connectivity index (χ3v) is 2.04. The fraction of sp³-hybridized carbons (Fsp3) is 0.857. The molecule has 216 valence electrons. The van der Waals surface area contributed by atoms with Crippen molar-refractivity contribution in [1.29, 1.82) is 0 Å². The van der Waals surface area contributed by atoms with Crippen LogP contribution in [0.15, 0.2) is 0 Å². The fourth-order valence-electron chi connectivity index (χ4n) is 1.05. The maximum Gasteiger partial charge on any atom is 0.0673 e. The standard InChI is InChI=1S/C7H16N2.27W/c1-8-4-6-9(2,3)7-5-8;;;;;;;;;;;;;;;;;;;;;;;;;;;/h2,4-7H2,1,3H3;;;;;;;;;;;;;;;;;;;;;;;;;;;. The van der Waals surface area contributed by atoms with Gasteiger partial charge in [-0.2, -0.15) is 0 Å². The second-order valence-electron chi connectivity index (χ2n) is 3.37. The first-order valence-electron chi connectivity index (χ1n) is 3.48. The zero-order valence-electron chi connectivity index (χ0n) is 17.5. The van der Waals surface area contributed by atoms with Crippen LogP contribution in [0, 0.1) is 7.05 Å².